The zero-order valence-electron chi connectivity index (χ0n) is 15.4. The molecule has 0 saturated heterocycles. The van der Waals surface area contributed by atoms with Gasteiger partial charge in [-0.25, -0.2) is 8.42 Å². The first-order chi connectivity index (χ1) is 14.4. The Morgan fingerprint density at radius 3 is 1.94 bits per heavy atom. The van der Waals surface area contributed by atoms with Gasteiger partial charge in [0.15, 0.2) is 4.75 Å². The van der Waals surface area contributed by atoms with Gasteiger partial charge in [-0.2, -0.15) is 44.8 Å². The van der Waals surface area contributed by atoms with Gasteiger partial charge in [-0.1, -0.05) is 35.9 Å². The number of hydrogen-bond donors (Lipinski definition) is 0. The van der Waals surface area contributed by atoms with Gasteiger partial charge in [0, 0.05) is 16.9 Å². The van der Waals surface area contributed by atoms with Crippen molar-refractivity contribution in [1.82, 2.24) is 0 Å². The topological polar surface area (TPSA) is 57.9 Å². The molecule has 0 spiro atoms. The summed E-state index contributed by atoms with van der Waals surface area (Å²) in [6, 6.07) is 5.70. The highest BCUT2D eigenvalue weighted by Crippen LogP contribution is 2.64. The maximum absolute atomic E-state index is 14.7. The van der Waals surface area contributed by atoms with Crippen molar-refractivity contribution in [3.8, 4) is 6.07 Å². The molecule has 2 bridgehead atoms. The Bertz CT molecular complexity index is 1090. The van der Waals surface area contributed by atoms with E-state index < -0.39 is 55.6 Å². The maximum Gasteiger partial charge on any atom is 0.460 e. The molecule has 32 heavy (non-hydrogen) atoms. The summed E-state index contributed by atoms with van der Waals surface area (Å²) in [6.45, 7) is 0. The number of benzene rings is 1. The molecule has 1 fully saturated rings. The quantitative estimate of drug-likeness (QED) is 0.375. The summed E-state index contributed by atoms with van der Waals surface area (Å²) in [6.07, 6.45) is -5.17. The molecule has 2 aliphatic rings. The fraction of sp³-hybridized carbons (Fsp3) is 0.500. The number of fused-ring (bicyclic) bond motifs is 2. The second kappa shape index (κ2) is 7.03. The number of nitrogens with zero attached hydrogens (tertiary/aromatic N) is 1. The van der Waals surface area contributed by atoms with Gasteiger partial charge < -0.3 is 0 Å². The van der Waals surface area contributed by atoms with Crippen molar-refractivity contribution < 1.29 is 47.9 Å². The van der Waals surface area contributed by atoms with E-state index in [-0.39, 0.29) is 17.0 Å². The number of rotatable bonds is 5. The first kappa shape index (κ1) is 24.7. The van der Waals surface area contributed by atoms with Gasteiger partial charge in [-0.3, -0.25) is 0 Å². The van der Waals surface area contributed by atoms with Crippen molar-refractivity contribution in [3.05, 3.63) is 47.0 Å². The fourth-order valence-corrected chi connectivity index (χ4v) is 6.68. The van der Waals surface area contributed by atoms with E-state index in [9.17, 15) is 53.2 Å². The van der Waals surface area contributed by atoms with Crippen LogP contribution in [0.15, 0.2) is 36.4 Å². The van der Waals surface area contributed by atoms with Gasteiger partial charge in [-0.15, -0.1) is 0 Å². The molecule has 1 aromatic carbocycles. The Balaban J connectivity index is 2.25. The molecule has 0 unspecified atom stereocenters. The molecule has 4 atom stereocenters. The lowest BCUT2D eigenvalue weighted by molar-refractivity contribution is -0.382. The van der Waals surface area contributed by atoms with Crippen molar-refractivity contribution in [3.63, 3.8) is 0 Å². The Morgan fingerprint density at radius 2 is 1.47 bits per heavy atom. The Kier molecular flexibility index (Phi) is 5.42. The molecular formula is C18H11ClF9NO2S. The minimum Gasteiger partial charge on any atom is -0.221 e. The highest BCUT2D eigenvalue weighted by atomic mass is 35.5. The van der Waals surface area contributed by atoms with Crippen LogP contribution in [0.25, 0.3) is 0 Å². The number of halogens is 10. The zero-order chi connectivity index (χ0) is 24.5. The minimum atomic E-state index is -7.41. The SMILES string of the molecule is N#C[C@]1(S(=O)(=O)C(F)(F)C(F)(F)C(F)(F)C(F)(F)F)[C@H](c2ccc(Cl)cc2)[C@@H]2C=C[C@H]1C2. The van der Waals surface area contributed by atoms with Crippen molar-refractivity contribution in [1.29, 1.82) is 5.26 Å². The van der Waals surface area contributed by atoms with Crippen LogP contribution in [0.4, 0.5) is 39.5 Å². The van der Waals surface area contributed by atoms with Crippen molar-refractivity contribution in [2.24, 2.45) is 11.8 Å². The van der Waals surface area contributed by atoms with Crippen LogP contribution in [0, 0.1) is 23.2 Å². The molecule has 3 rings (SSSR count). The van der Waals surface area contributed by atoms with Gasteiger partial charge in [0.05, 0.1) is 6.07 Å². The number of hydrogen-bond acceptors (Lipinski definition) is 3. The molecule has 1 aromatic rings. The van der Waals surface area contributed by atoms with Crippen LogP contribution in [-0.2, 0) is 9.84 Å². The van der Waals surface area contributed by atoms with Gasteiger partial charge in [-0.05, 0) is 30.0 Å². The molecule has 0 radical (unpaired) electrons. The molecule has 0 aliphatic heterocycles. The van der Waals surface area contributed by atoms with Gasteiger partial charge in [0.25, 0.3) is 0 Å². The van der Waals surface area contributed by atoms with Crippen LogP contribution in [0.2, 0.25) is 5.02 Å². The van der Waals surface area contributed by atoms with Gasteiger partial charge >= 0.3 is 23.3 Å². The third kappa shape index (κ3) is 2.84. The summed E-state index contributed by atoms with van der Waals surface area (Å²) in [5, 5.41) is 2.84. The average Bonchev–Trinajstić information content (AvgIpc) is 3.27. The third-order valence-electron chi connectivity index (χ3n) is 5.86. The zero-order valence-corrected chi connectivity index (χ0v) is 16.9. The first-order valence-electron chi connectivity index (χ1n) is 8.69. The normalized spacial score (nSPS) is 28.7. The fourth-order valence-electron chi connectivity index (χ4n) is 4.33. The monoisotopic (exact) mass is 511 g/mol. The summed E-state index contributed by atoms with van der Waals surface area (Å²) in [5.41, 5.74) is -0.113. The molecule has 0 N–H and O–H groups in total. The van der Waals surface area contributed by atoms with Crippen molar-refractivity contribution in [2.45, 2.75) is 40.4 Å². The van der Waals surface area contributed by atoms with E-state index in [1.54, 1.807) is 0 Å². The van der Waals surface area contributed by atoms with Crippen LogP contribution >= 0.6 is 11.6 Å². The van der Waals surface area contributed by atoms with Crippen LogP contribution in [0.5, 0.6) is 0 Å². The summed E-state index contributed by atoms with van der Waals surface area (Å²) in [5.74, 6) is -19.2. The van der Waals surface area contributed by atoms with E-state index in [4.69, 9.17) is 11.6 Å². The molecule has 0 aromatic heterocycles. The highest BCUT2D eigenvalue weighted by molar-refractivity contribution is 7.94. The minimum absolute atomic E-state index is 0.111. The summed E-state index contributed by atoms with van der Waals surface area (Å²) in [7, 11) is -7.00. The van der Waals surface area contributed by atoms with E-state index in [0.29, 0.717) is 0 Å². The standard InChI is InChI=1S/C18H11ClF9NO2S/c19-12-5-2-9(3-6-12)13-10-1-4-11(7-10)14(13,8-29)32(30,31)18(27,28)16(22,23)15(20,21)17(24,25)26/h1-6,10-11,13H,7H2/t10-,11+,13-,14-/m1/s1. The molecule has 2 aliphatic carbocycles. The summed E-state index contributed by atoms with van der Waals surface area (Å²) in [4.78, 5) is 0. The van der Waals surface area contributed by atoms with E-state index in [0.717, 1.165) is 24.3 Å². The van der Waals surface area contributed by atoms with Crippen molar-refractivity contribution in [2.75, 3.05) is 0 Å². The predicted octanol–water partition coefficient (Wildman–Crippen LogP) is 5.73. The molecule has 3 nitrogen and oxygen atoms in total. The van der Waals surface area contributed by atoms with E-state index in [1.807, 2.05) is 0 Å². The number of nitriles is 1. The molecule has 176 valence electrons. The van der Waals surface area contributed by atoms with Crippen molar-refractivity contribution >= 4 is 21.4 Å². The Hall–Kier alpha value is -1.94. The Morgan fingerprint density at radius 1 is 0.938 bits per heavy atom. The van der Waals surface area contributed by atoms with E-state index >= 15 is 0 Å². The molecule has 0 amide bonds. The lowest BCUT2D eigenvalue weighted by atomic mass is 9.78. The van der Waals surface area contributed by atoms with Crippen LogP contribution < -0.4 is 0 Å². The maximum atomic E-state index is 14.7. The molecular weight excluding hydrogens is 501 g/mol. The molecule has 14 heteroatoms. The first-order valence-corrected chi connectivity index (χ1v) is 10.6. The number of allylic oxidation sites excluding steroid dienone is 2. The highest BCUT2D eigenvalue weighted by Gasteiger charge is 2.88. The Labute approximate surface area is 180 Å². The smallest absolute Gasteiger partial charge is 0.221 e. The van der Waals surface area contributed by atoms with Gasteiger partial charge in [0.2, 0.25) is 9.84 Å². The lowest BCUT2D eigenvalue weighted by Gasteiger charge is -2.41. The second-order valence-corrected chi connectivity index (χ2v) is 10.1. The molecule has 1 saturated carbocycles. The number of alkyl halides is 9. The lowest BCUT2D eigenvalue weighted by Crippen LogP contribution is -2.67. The summed E-state index contributed by atoms with van der Waals surface area (Å²) >= 11 is 5.71. The second-order valence-electron chi connectivity index (χ2n) is 7.49. The molecule has 0 heterocycles. The summed E-state index contributed by atoms with van der Waals surface area (Å²) < 4.78 is 144. The van der Waals surface area contributed by atoms with E-state index in [2.05, 4.69) is 0 Å². The largest absolute Gasteiger partial charge is 0.460 e. The van der Waals surface area contributed by atoms with Crippen LogP contribution in [-0.4, -0.2) is 36.4 Å². The predicted molar refractivity (Wildman–Crippen MR) is 93.1 cm³/mol. The number of sulfone groups is 1. The van der Waals surface area contributed by atoms with E-state index in [1.165, 1.54) is 18.2 Å². The van der Waals surface area contributed by atoms with Gasteiger partial charge in [0.1, 0.15) is 0 Å². The average molecular weight is 512 g/mol. The van der Waals surface area contributed by atoms with Crippen LogP contribution in [0.1, 0.15) is 17.9 Å². The van der Waals surface area contributed by atoms with Crippen LogP contribution in [0.3, 0.4) is 0 Å². The third-order valence-corrected chi connectivity index (χ3v) is 8.58.